The normalized spacial score (nSPS) is 18.3. The predicted molar refractivity (Wildman–Crippen MR) is 73.8 cm³/mol. The zero-order valence-corrected chi connectivity index (χ0v) is 11.9. The molecule has 110 valence electrons. The molecule has 1 fully saturated rings. The molecular weight excluding hydrogens is 244 g/mol. The number of nitrogens with one attached hydrogen (secondary N) is 2. The third-order valence-corrected chi connectivity index (χ3v) is 3.54. The fraction of sp³-hybridized carbons (Fsp3) is 0.857. The highest BCUT2D eigenvalue weighted by Gasteiger charge is 2.22. The summed E-state index contributed by atoms with van der Waals surface area (Å²) in [4.78, 5) is 22.8. The number of amides is 1. The van der Waals surface area contributed by atoms with Crippen LogP contribution in [0.5, 0.6) is 0 Å². The molecule has 1 aliphatic heterocycles. The summed E-state index contributed by atoms with van der Waals surface area (Å²) in [7, 11) is 0. The van der Waals surface area contributed by atoms with Gasteiger partial charge in [0.25, 0.3) is 0 Å². The van der Waals surface area contributed by atoms with Gasteiger partial charge in [0.15, 0.2) is 0 Å². The first kappa shape index (κ1) is 16.0. The van der Waals surface area contributed by atoms with Gasteiger partial charge < -0.3 is 15.7 Å². The second-order valence-corrected chi connectivity index (χ2v) is 5.86. The third-order valence-electron chi connectivity index (χ3n) is 3.54. The minimum absolute atomic E-state index is 0.0307. The molecule has 0 radical (unpaired) electrons. The van der Waals surface area contributed by atoms with E-state index in [4.69, 9.17) is 5.11 Å². The van der Waals surface area contributed by atoms with E-state index >= 15 is 0 Å². The average Bonchev–Trinajstić information content (AvgIpc) is 2.35. The number of aliphatic carboxylic acids is 1. The van der Waals surface area contributed by atoms with Crippen LogP contribution in [0.3, 0.4) is 0 Å². The molecule has 0 aromatic heterocycles. The highest BCUT2D eigenvalue weighted by atomic mass is 16.4. The Labute approximate surface area is 115 Å². The number of hydrogen-bond acceptors (Lipinski definition) is 3. The van der Waals surface area contributed by atoms with Gasteiger partial charge in [-0.05, 0) is 44.2 Å². The summed E-state index contributed by atoms with van der Waals surface area (Å²) in [5.41, 5.74) is 0. The number of piperidine rings is 1. The van der Waals surface area contributed by atoms with Crippen LogP contribution in [-0.2, 0) is 9.59 Å². The standard InChI is InChI=1S/C14H26N2O3/c1-10(2)7-11(8-13(17)18)9-16-14(19)12-3-5-15-6-4-12/h10-12,15H,3-9H2,1-2H3,(H,16,19)(H,17,18)/t11-/m0/s1. The number of carbonyl (C=O) groups is 2. The number of carbonyl (C=O) groups excluding carboxylic acids is 1. The molecule has 0 aromatic rings. The molecule has 1 atom stereocenters. The molecule has 3 N–H and O–H groups in total. The molecule has 0 aromatic carbocycles. The Morgan fingerprint density at radius 3 is 2.47 bits per heavy atom. The minimum Gasteiger partial charge on any atom is -0.481 e. The van der Waals surface area contributed by atoms with E-state index in [1.165, 1.54) is 0 Å². The zero-order chi connectivity index (χ0) is 14.3. The van der Waals surface area contributed by atoms with Gasteiger partial charge in [0.1, 0.15) is 0 Å². The first-order valence-electron chi connectivity index (χ1n) is 7.19. The van der Waals surface area contributed by atoms with Crippen LogP contribution in [0.1, 0.15) is 39.5 Å². The van der Waals surface area contributed by atoms with E-state index < -0.39 is 5.97 Å². The lowest BCUT2D eigenvalue weighted by Crippen LogP contribution is -2.40. The van der Waals surface area contributed by atoms with Crippen molar-refractivity contribution in [2.24, 2.45) is 17.8 Å². The third kappa shape index (κ3) is 6.57. The van der Waals surface area contributed by atoms with E-state index in [2.05, 4.69) is 24.5 Å². The number of hydrogen-bond donors (Lipinski definition) is 3. The van der Waals surface area contributed by atoms with E-state index in [1.807, 2.05) is 0 Å². The molecule has 1 rings (SSSR count). The number of rotatable bonds is 7. The zero-order valence-electron chi connectivity index (χ0n) is 11.9. The summed E-state index contributed by atoms with van der Waals surface area (Å²) in [6, 6.07) is 0. The molecule has 0 aliphatic carbocycles. The van der Waals surface area contributed by atoms with Crippen molar-refractivity contribution in [2.45, 2.75) is 39.5 Å². The Balaban J connectivity index is 2.36. The monoisotopic (exact) mass is 270 g/mol. The van der Waals surface area contributed by atoms with Crippen LogP contribution < -0.4 is 10.6 Å². The Morgan fingerprint density at radius 2 is 1.95 bits per heavy atom. The Morgan fingerprint density at radius 1 is 1.32 bits per heavy atom. The maximum Gasteiger partial charge on any atom is 0.303 e. The van der Waals surface area contributed by atoms with Crippen LogP contribution in [0.4, 0.5) is 0 Å². The maximum atomic E-state index is 12.0. The van der Waals surface area contributed by atoms with Gasteiger partial charge in [0.05, 0.1) is 0 Å². The summed E-state index contributed by atoms with van der Waals surface area (Å²) in [6.45, 7) is 6.41. The van der Waals surface area contributed by atoms with Crippen molar-refractivity contribution in [3.05, 3.63) is 0 Å². The molecule has 1 heterocycles. The van der Waals surface area contributed by atoms with E-state index in [0.717, 1.165) is 32.4 Å². The SMILES string of the molecule is CC(C)C[C@H](CNC(=O)C1CCNCC1)CC(=O)O. The van der Waals surface area contributed by atoms with Crippen molar-refractivity contribution in [2.75, 3.05) is 19.6 Å². The second kappa shape index (κ2) is 8.15. The van der Waals surface area contributed by atoms with Crippen LogP contribution in [0.2, 0.25) is 0 Å². The molecule has 19 heavy (non-hydrogen) atoms. The highest BCUT2D eigenvalue weighted by molar-refractivity contribution is 5.78. The smallest absolute Gasteiger partial charge is 0.303 e. The molecule has 0 bridgehead atoms. The van der Waals surface area contributed by atoms with Gasteiger partial charge >= 0.3 is 5.97 Å². The predicted octanol–water partition coefficient (Wildman–Crippen LogP) is 1.24. The first-order chi connectivity index (χ1) is 8.99. The lowest BCUT2D eigenvalue weighted by atomic mass is 9.93. The highest BCUT2D eigenvalue weighted by Crippen LogP contribution is 2.16. The molecule has 1 aliphatic rings. The topological polar surface area (TPSA) is 78.4 Å². The fourth-order valence-corrected chi connectivity index (χ4v) is 2.63. The molecule has 5 nitrogen and oxygen atoms in total. The molecular formula is C14H26N2O3. The van der Waals surface area contributed by atoms with Crippen molar-refractivity contribution in [1.29, 1.82) is 0 Å². The summed E-state index contributed by atoms with van der Waals surface area (Å²) in [5, 5.41) is 15.1. The summed E-state index contributed by atoms with van der Waals surface area (Å²) in [6.07, 6.45) is 2.71. The van der Waals surface area contributed by atoms with E-state index in [0.29, 0.717) is 12.5 Å². The van der Waals surface area contributed by atoms with Gasteiger partial charge in [-0.25, -0.2) is 0 Å². The largest absolute Gasteiger partial charge is 0.481 e. The second-order valence-electron chi connectivity index (χ2n) is 5.86. The van der Waals surface area contributed by atoms with Gasteiger partial charge in [0.2, 0.25) is 5.91 Å². The minimum atomic E-state index is -0.790. The van der Waals surface area contributed by atoms with Crippen LogP contribution in [-0.4, -0.2) is 36.6 Å². The van der Waals surface area contributed by atoms with E-state index in [-0.39, 0.29) is 24.2 Å². The van der Waals surface area contributed by atoms with Crippen LogP contribution in [0, 0.1) is 17.8 Å². The van der Waals surface area contributed by atoms with Crippen molar-refractivity contribution in [3.63, 3.8) is 0 Å². The first-order valence-corrected chi connectivity index (χ1v) is 7.19. The van der Waals surface area contributed by atoms with Crippen molar-refractivity contribution in [1.82, 2.24) is 10.6 Å². The van der Waals surface area contributed by atoms with Crippen molar-refractivity contribution in [3.8, 4) is 0 Å². The van der Waals surface area contributed by atoms with Crippen molar-refractivity contribution >= 4 is 11.9 Å². The van der Waals surface area contributed by atoms with Crippen LogP contribution >= 0.6 is 0 Å². The molecule has 0 saturated carbocycles. The van der Waals surface area contributed by atoms with E-state index in [1.54, 1.807) is 0 Å². The van der Waals surface area contributed by atoms with Crippen LogP contribution in [0.25, 0.3) is 0 Å². The van der Waals surface area contributed by atoms with Gasteiger partial charge in [-0.2, -0.15) is 0 Å². The van der Waals surface area contributed by atoms with Gasteiger partial charge in [-0.1, -0.05) is 13.8 Å². The number of carboxylic acids is 1. The van der Waals surface area contributed by atoms with Crippen molar-refractivity contribution < 1.29 is 14.7 Å². The summed E-state index contributed by atoms with van der Waals surface area (Å²) in [5.74, 6) is -0.142. The van der Waals surface area contributed by atoms with Gasteiger partial charge in [-0.15, -0.1) is 0 Å². The van der Waals surface area contributed by atoms with Gasteiger partial charge in [0, 0.05) is 18.9 Å². The quantitative estimate of drug-likeness (QED) is 0.650. The van der Waals surface area contributed by atoms with Crippen LogP contribution in [0.15, 0.2) is 0 Å². The molecule has 0 unspecified atom stereocenters. The molecule has 0 spiro atoms. The summed E-state index contributed by atoms with van der Waals surface area (Å²) < 4.78 is 0. The lowest BCUT2D eigenvalue weighted by Gasteiger charge is -2.23. The van der Waals surface area contributed by atoms with Gasteiger partial charge in [-0.3, -0.25) is 9.59 Å². The number of carboxylic acid groups (broad SMARTS) is 1. The molecule has 1 amide bonds. The Kier molecular flexibility index (Phi) is 6.84. The maximum absolute atomic E-state index is 12.0. The summed E-state index contributed by atoms with van der Waals surface area (Å²) >= 11 is 0. The Hall–Kier alpha value is -1.10. The average molecular weight is 270 g/mol. The molecule has 1 saturated heterocycles. The van der Waals surface area contributed by atoms with E-state index in [9.17, 15) is 9.59 Å². The molecule has 5 heteroatoms. The lowest BCUT2D eigenvalue weighted by molar-refractivity contribution is -0.138. The Bertz CT molecular complexity index is 299. The fourth-order valence-electron chi connectivity index (χ4n) is 2.63.